The minimum Gasteiger partial charge on any atom is -0.547 e. The molecule has 0 bridgehead atoms. The lowest BCUT2D eigenvalue weighted by Crippen LogP contribution is -2.38. The van der Waals surface area contributed by atoms with Crippen molar-refractivity contribution in [2.75, 3.05) is 0 Å². The Hall–Kier alpha value is -1.02. The van der Waals surface area contributed by atoms with E-state index >= 15 is 0 Å². The molecule has 0 aromatic heterocycles. The number of allylic oxidation sites excluding steroid dienone is 8. The third-order valence-electron chi connectivity index (χ3n) is 5.79. The van der Waals surface area contributed by atoms with Crippen molar-refractivity contribution in [3.05, 3.63) is 46.3 Å². The van der Waals surface area contributed by atoms with Crippen molar-refractivity contribution in [2.24, 2.45) is 17.3 Å². The molecule has 2 atom stereocenters. The summed E-state index contributed by atoms with van der Waals surface area (Å²) in [5, 5.41) is 0. The summed E-state index contributed by atoms with van der Waals surface area (Å²) in [7, 11) is -1.67. The molecule has 28 heavy (non-hydrogen) atoms. The lowest BCUT2D eigenvalue weighted by Gasteiger charge is -2.46. The van der Waals surface area contributed by atoms with E-state index in [0.717, 1.165) is 12.8 Å². The average molecular weight is 403 g/mol. The fourth-order valence-electron chi connectivity index (χ4n) is 4.05. The molecular weight excluding hydrogens is 356 g/mol. The molecule has 0 saturated carbocycles. The Morgan fingerprint density at radius 3 is 1.86 bits per heavy atom. The predicted molar refractivity (Wildman–Crippen MR) is 129 cm³/mol. The van der Waals surface area contributed by atoms with Gasteiger partial charge < -0.3 is 4.43 Å². The van der Waals surface area contributed by atoms with E-state index in [0.29, 0.717) is 11.8 Å². The molecule has 0 N–H and O–H groups in total. The van der Waals surface area contributed by atoms with Gasteiger partial charge in [0.25, 0.3) is 0 Å². The highest BCUT2D eigenvalue weighted by Crippen LogP contribution is 2.51. The summed E-state index contributed by atoms with van der Waals surface area (Å²) in [6, 6.07) is 0. The molecule has 2 unspecified atom stereocenters. The first kappa shape index (κ1) is 25.0. The van der Waals surface area contributed by atoms with Crippen molar-refractivity contribution in [3.8, 4) is 0 Å². The van der Waals surface area contributed by atoms with E-state index in [1.54, 1.807) is 5.57 Å². The Kier molecular flexibility index (Phi) is 9.06. The summed E-state index contributed by atoms with van der Waals surface area (Å²) in [6.07, 6.45) is 11.7. The van der Waals surface area contributed by atoms with Gasteiger partial charge in [-0.05, 0) is 104 Å². The van der Waals surface area contributed by atoms with E-state index in [1.165, 1.54) is 35.3 Å². The van der Waals surface area contributed by atoms with E-state index in [-0.39, 0.29) is 5.41 Å². The van der Waals surface area contributed by atoms with Crippen LogP contribution in [0.25, 0.3) is 0 Å². The zero-order valence-electron chi connectivity index (χ0n) is 20.6. The molecule has 0 aromatic carbocycles. The first-order chi connectivity index (χ1) is 12.7. The first-order valence-electron chi connectivity index (χ1n) is 11.1. The largest absolute Gasteiger partial charge is 0.547 e. The third-order valence-corrected chi connectivity index (χ3v) is 6.62. The summed E-state index contributed by atoms with van der Waals surface area (Å²) in [5.41, 5.74) is 5.93. The van der Waals surface area contributed by atoms with Crippen LogP contribution in [-0.2, 0) is 4.43 Å². The quantitative estimate of drug-likeness (QED) is 0.291. The number of rotatable bonds is 8. The maximum Gasteiger partial charge on any atom is 0.241 e. The normalized spacial score (nSPS) is 21.8. The topological polar surface area (TPSA) is 9.23 Å². The van der Waals surface area contributed by atoms with Gasteiger partial charge >= 0.3 is 0 Å². The summed E-state index contributed by atoms with van der Waals surface area (Å²) in [5.74, 6) is 2.49. The summed E-state index contributed by atoms with van der Waals surface area (Å²) < 4.78 is 6.82. The van der Waals surface area contributed by atoms with Gasteiger partial charge in [0.2, 0.25) is 8.32 Å². The van der Waals surface area contributed by atoms with Crippen LogP contribution in [0.4, 0.5) is 0 Å². The number of hydrogen-bond donors (Lipinski definition) is 0. The molecule has 0 saturated heterocycles. The highest BCUT2D eigenvalue weighted by molar-refractivity contribution is 6.70. The van der Waals surface area contributed by atoms with Crippen molar-refractivity contribution < 1.29 is 4.43 Å². The van der Waals surface area contributed by atoms with Gasteiger partial charge in [-0.3, -0.25) is 0 Å². The van der Waals surface area contributed by atoms with Gasteiger partial charge in [0.15, 0.2) is 0 Å². The fraction of sp³-hybridized carbons (Fsp3) is 0.692. The molecule has 0 heterocycles. The minimum atomic E-state index is -1.67. The SMILES string of the molecule is CC(C)=CCC1=C(O[Si](C)(C)C)C(CC=C(C)C)CC(CC=C(C)C)C1(C)C. The van der Waals surface area contributed by atoms with Crippen LogP contribution in [0, 0.1) is 17.3 Å². The fourth-order valence-corrected chi connectivity index (χ4v) is 5.00. The van der Waals surface area contributed by atoms with Gasteiger partial charge in [0.1, 0.15) is 0 Å². The molecule has 1 aliphatic rings. The molecule has 160 valence electrons. The molecule has 0 spiro atoms. The maximum atomic E-state index is 6.82. The van der Waals surface area contributed by atoms with E-state index in [2.05, 4.69) is 93.3 Å². The Balaban J connectivity index is 3.52. The molecule has 1 rings (SSSR count). The van der Waals surface area contributed by atoms with Crippen LogP contribution in [0.5, 0.6) is 0 Å². The van der Waals surface area contributed by atoms with E-state index in [1.807, 2.05) is 0 Å². The predicted octanol–water partition coefficient (Wildman–Crippen LogP) is 8.82. The van der Waals surface area contributed by atoms with Crippen LogP contribution < -0.4 is 0 Å². The van der Waals surface area contributed by atoms with Gasteiger partial charge in [-0.1, -0.05) is 48.8 Å². The zero-order chi connectivity index (χ0) is 21.7. The number of hydrogen-bond acceptors (Lipinski definition) is 1. The second-order valence-corrected chi connectivity index (χ2v) is 15.4. The monoisotopic (exact) mass is 402 g/mol. The smallest absolute Gasteiger partial charge is 0.241 e. The lowest BCUT2D eigenvalue weighted by molar-refractivity contribution is 0.156. The van der Waals surface area contributed by atoms with E-state index in [9.17, 15) is 0 Å². The van der Waals surface area contributed by atoms with Crippen LogP contribution >= 0.6 is 0 Å². The van der Waals surface area contributed by atoms with Crippen LogP contribution in [-0.4, -0.2) is 8.32 Å². The first-order valence-corrected chi connectivity index (χ1v) is 14.5. The Labute approximate surface area is 177 Å². The van der Waals surface area contributed by atoms with Crippen molar-refractivity contribution in [3.63, 3.8) is 0 Å². The van der Waals surface area contributed by atoms with Gasteiger partial charge in [-0.15, -0.1) is 0 Å². The molecule has 0 aromatic rings. The van der Waals surface area contributed by atoms with Gasteiger partial charge in [-0.2, -0.15) is 0 Å². The third kappa shape index (κ3) is 7.77. The summed E-state index contributed by atoms with van der Waals surface area (Å²) in [4.78, 5) is 0. The second-order valence-electron chi connectivity index (χ2n) is 10.9. The molecule has 0 aliphatic heterocycles. The molecule has 2 heteroatoms. The van der Waals surface area contributed by atoms with Gasteiger partial charge in [0.05, 0.1) is 5.76 Å². The van der Waals surface area contributed by atoms with Crippen molar-refractivity contribution in [2.45, 2.75) is 101 Å². The minimum absolute atomic E-state index is 0.161. The standard InChI is InChI=1S/C26H46OSi/c1-19(2)12-15-22-18-23(16-13-20(3)4)26(7,8)24(17-14-21(5)6)25(22)27-28(9,10)11/h12-14,22-23H,15-18H2,1-11H3. The van der Waals surface area contributed by atoms with E-state index < -0.39 is 8.32 Å². The van der Waals surface area contributed by atoms with Crippen LogP contribution in [0.2, 0.25) is 19.6 Å². The molecule has 1 nitrogen and oxygen atoms in total. The molecule has 0 amide bonds. The summed E-state index contributed by atoms with van der Waals surface area (Å²) in [6.45, 7) is 25.1. The van der Waals surface area contributed by atoms with Crippen molar-refractivity contribution in [1.29, 1.82) is 0 Å². The van der Waals surface area contributed by atoms with Crippen molar-refractivity contribution in [1.82, 2.24) is 0 Å². The molecular formula is C26H46OSi. The van der Waals surface area contributed by atoms with Crippen LogP contribution in [0.1, 0.15) is 81.1 Å². The molecule has 0 radical (unpaired) electrons. The van der Waals surface area contributed by atoms with Gasteiger partial charge in [0, 0.05) is 5.92 Å². The zero-order valence-corrected chi connectivity index (χ0v) is 21.6. The Bertz CT molecular complexity index is 640. The Morgan fingerprint density at radius 1 is 0.893 bits per heavy atom. The van der Waals surface area contributed by atoms with Crippen molar-refractivity contribution >= 4 is 8.32 Å². The van der Waals surface area contributed by atoms with Gasteiger partial charge in [-0.25, -0.2) is 0 Å². The average Bonchev–Trinajstić information content (AvgIpc) is 2.50. The molecule has 1 aliphatic carbocycles. The highest BCUT2D eigenvalue weighted by atomic mass is 28.4. The maximum absolute atomic E-state index is 6.82. The second kappa shape index (κ2) is 10.1. The summed E-state index contributed by atoms with van der Waals surface area (Å²) >= 11 is 0. The van der Waals surface area contributed by atoms with Crippen LogP contribution in [0.3, 0.4) is 0 Å². The Morgan fingerprint density at radius 2 is 1.39 bits per heavy atom. The van der Waals surface area contributed by atoms with Crippen LogP contribution in [0.15, 0.2) is 46.3 Å². The van der Waals surface area contributed by atoms with E-state index in [4.69, 9.17) is 4.43 Å². The molecule has 0 fully saturated rings. The lowest BCUT2D eigenvalue weighted by atomic mass is 9.61. The highest BCUT2D eigenvalue weighted by Gasteiger charge is 2.42.